The molecule has 0 N–H and O–H groups in total. The Morgan fingerprint density at radius 1 is 0.957 bits per heavy atom. The van der Waals surface area contributed by atoms with Crippen LogP contribution in [0.5, 0.6) is 0 Å². The molecule has 2 aromatic rings. The van der Waals surface area contributed by atoms with Crippen molar-refractivity contribution in [2.45, 2.75) is 19.9 Å². The van der Waals surface area contributed by atoms with Gasteiger partial charge >= 0.3 is 0 Å². The Hall–Kier alpha value is -2.13. The quantitative estimate of drug-likeness (QED) is 0.866. The number of nitrogens with zero attached hydrogens (tertiary/aromatic N) is 2. The Bertz CT molecular complexity index is 660. The minimum atomic E-state index is 0.153. The van der Waals surface area contributed by atoms with E-state index in [-0.39, 0.29) is 5.91 Å². The van der Waals surface area contributed by atoms with Crippen LogP contribution in [0.3, 0.4) is 0 Å². The first-order valence-electron chi connectivity index (χ1n) is 8.30. The van der Waals surface area contributed by atoms with Crippen LogP contribution in [0.4, 0.5) is 0 Å². The van der Waals surface area contributed by atoms with Crippen molar-refractivity contribution in [1.82, 2.24) is 9.80 Å². The molecule has 1 unspecified atom stereocenters. The monoisotopic (exact) mass is 308 g/mol. The summed E-state index contributed by atoms with van der Waals surface area (Å²) >= 11 is 0. The van der Waals surface area contributed by atoms with Gasteiger partial charge in [0.15, 0.2) is 0 Å². The summed E-state index contributed by atoms with van der Waals surface area (Å²) in [7, 11) is 0. The molecule has 3 rings (SSSR count). The summed E-state index contributed by atoms with van der Waals surface area (Å²) < 4.78 is 0. The van der Waals surface area contributed by atoms with E-state index in [1.807, 2.05) is 36.1 Å². The first-order valence-corrected chi connectivity index (χ1v) is 8.30. The molecule has 0 saturated carbocycles. The van der Waals surface area contributed by atoms with Gasteiger partial charge in [-0.3, -0.25) is 9.69 Å². The van der Waals surface area contributed by atoms with Gasteiger partial charge in [0.2, 0.25) is 0 Å². The minimum absolute atomic E-state index is 0.153. The zero-order valence-electron chi connectivity index (χ0n) is 13.9. The molecule has 0 spiro atoms. The number of benzene rings is 2. The predicted molar refractivity (Wildman–Crippen MR) is 93.5 cm³/mol. The molecule has 1 atom stereocenters. The van der Waals surface area contributed by atoms with E-state index in [2.05, 4.69) is 42.2 Å². The highest BCUT2D eigenvalue weighted by Gasteiger charge is 2.25. The molecule has 3 nitrogen and oxygen atoms in total. The van der Waals surface area contributed by atoms with E-state index in [1.165, 1.54) is 5.56 Å². The van der Waals surface area contributed by atoms with E-state index >= 15 is 0 Å². The van der Waals surface area contributed by atoms with Gasteiger partial charge in [0.1, 0.15) is 0 Å². The summed E-state index contributed by atoms with van der Waals surface area (Å²) in [5.41, 5.74) is 3.27. The van der Waals surface area contributed by atoms with Crippen molar-refractivity contribution < 1.29 is 4.79 Å². The molecule has 0 bridgehead atoms. The Kier molecular flexibility index (Phi) is 4.77. The zero-order valence-corrected chi connectivity index (χ0v) is 13.9. The van der Waals surface area contributed by atoms with Crippen LogP contribution in [0.2, 0.25) is 0 Å². The van der Waals surface area contributed by atoms with Crippen molar-refractivity contribution in [3.8, 4) is 0 Å². The van der Waals surface area contributed by atoms with Gasteiger partial charge < -0.3 is 4.90 Å². The van der Waals surface area contributed by atoms with Gasteiger partial charge in [-0.15, -0.1) is 0 Å². The van der Waals surface area contributed by atoms with Crippen LogP contribution in [-0.2, 0) is 0 Å². The first kappa shape index (κ1) is 15.8. The maximum absolute atomic E-state index is 12.6. The van der Waals surface area contributed by atoms with Gasteiger partial charge in [-0.1, -0.05) is 48.0 Å². The van der Waals surface area contributed by atoms with Gasteiger partial charge in [0.25, 0.3) is 5.91 Å². The van der Waals surface area contributed by atoms with Gasteiger partial charge in [-0.05, 0) is 31.5 Å². The lowest BCUT2D eigenvalue weighted by Gasteiger charge is -2.38. The Balaban J connectivity index is 1.61. The van der Waals surface area contributed by atoms with Crippen LogP contribution in [-0.4, -0.2) is 41.9 Å². The molecule has 1 aliphatic heterocycles. The third-order valence-electron chi connectivity index (χ3n) is 4.70. The van der Waals surface area contributed by atoms with E-state index in [0.717, 1.165) is 37.3 Å². The number of piperazine rings is 1. The van der Waals surface area contributed by atoms with Crippen LogP contribution in [0.25, 0.3) is 0 Å². The van der Waals surface area contributed by atoms with Crippen LogP contribution in [0.15, 0.2) is 54.6 Å². The maximum Gasteiger partial charge on any atom is 0.253 e. The number of carbonyl (C=O) groups is 1. The molecule has 2 aromatic carbocycles. The van der Waals surface area contributed by atoms with Crippen molar-refractivity contribution in [3.05, 3.63) is 71.3 Å². The summed E-state index contributed by atoms with van der Waals surface area (Å²) in [5.74, 6) is 0.153. The highest BCUT2D eigenvalue weighted by atomic mass is 16.2. The summed E-state index contributed by atoms with van der Waals surface area (Å²) in [6.45, 7) is 7.71. The van der Waals surface area contributed by atoms with Crippen molar-refractivity contribution in [2.24, 2.45) is 0 Å². The average Bonchev–Trinajstić information content (AvgIpc) is 2.61. The topological polar surface area (TPSA) is 23.6 Å². The van der Waals surface area contributed by atoms with Crippen molar-refractivity contribution >= 4 is 5.91 Å². The highest BCUT2D eigenvalue weighted by molar-refractivity contribution is 5.94. The Morgan fingerprint density at radius 2 is 1.65 bits per heavy atom. The normalized spacial score (nSPS) is 17.0. The van der Waals surface area contributed by atoms with Crippen molar-refractivity contribution in [1.29, 1.82) is 0 Å². The highest BCUT2D eigenvalue weighted by Crippen LogP contribution is 2.21. The standard InChI is InChI=1S/C20H24N2O/c1-16-7-6-10-19(15-16)20(23)22-13-11-21(12-14-22)17(2)18-8-4-3-5-9-18/h3-10,15,17H,11-14H2,1-2H3. The maximum atomic E-state index is 12.6. The smallest absolute Gasteiger partial charge is 0.253 e. The molecule has 1 amide bonds. The third kappa shape index (κ3) is 3.62. The number of hydrogen-bond acceptors (Lipinski definition) is 2. The average molecular weight is 308 g/mol. The van der Waals surface area contributed by atoms with Gasteiger partial charge in [-0.25, -0.2) is 0 Å². The third-order valence-corrected chi connectivity index (χ3v) is 4.70. The summed E-state index contributed by atoms with van der Waals surface area (Å²) in [6, 6.07) is 18.8. The second-order valence-corrected chi connectivity index (χ2v) is 6.28. The number of rotatable bonds is 3. The van der Waals surface area contributed by atoms with E-state index in [9.17, 15) is 4.79 Å². The van der Waals surface area contributed by atoms with Crippen LogP contribution in [0, 0.1) is 6.92 Å². The molecular weight excluding hydrogens is 284 g/mol. The second-order valence-electron chi connectivity index (χ2n) is 6.28. The minimum Gasteiger partial charge on any atom is -0.336 e. The lowest BCUT2D eigenvalue weighted by Crippen LogP contribution is -2.49. The lowest BCUT2D eigenvalue weighted by molar-refractivity contribution is 0.0582. The van der Waals surface area contributed by atoms with Crippen LogP contribution in [0.1, 0.15) is 34.5 Å². The molecule has 0 aromatic heterocycles. The molecule has 0 aliphatic carbocycles. The Labute approximate surface area is 138 Å². The number of aryl methyl sites for hydroxylation is 1. The van der Waals surface area contributed by atoms with E-state index < -0.39 is 0 Å². The fourth-order valence-corrected chi connectivity index (χ4v) is 3.22. The predicted octanol–water partition coefficient (Wildman–Crippen LogP) is 3.51. The molecule has 0 radical (unpaired) electrons. The molecule has 1 heterocycles. The molecule has 1 fully saturated rings. The number of amides is 1. The largest absolute Gasteiger partial charge is 0.336 e. The summed E-state index contributed by atoms with van der Waals surface area (Å²) in [4.78, 5) is 17.0. The van der Waals surface area contributed by atoms with Gasteiger partial charge in [0, 0.05) is 37.8 Å². The first-order chi connectivity index (χ1) is 11.1. The molecular formula is C20H24N2O. The summed E-state index contributed by atoms with van der Waals surface area (Å²) in [5, 5.41) is 0. The fourth-order valence-electron chi connectivity index (χ4n) is 3.22. The van der Waals surface area contributed by atoms with E-state index in [0.29, 0.717) is 6.04 Å². The molecule has 3 heteroatoms. The van der Waals surface area contributed by atoms with Gasteiger partial charge in [-0.2, -0.15) is 0 Å². The fraction of sp³-hybridized carbons (Fsp3) is 0.350. The summed E-state index contributed by atoms with van der Waals surface area (Å²) in [6.07, 6.45) is 0. The van der Waals surface area contributed by atoms with Gasteiger partial charge in [0.05, 0.1) is 0 Å². The SMILES string of the molecule is Cc1cccc(C(=O)N2CCN(C(C)c3ccccc3)CC2)c1. The lowest BCUT2D eigenvalue weighted by atomic mass is 10.1. The zero-order chi connectivity index (χ0) is 16.2. The van der Waals surface area contributed by atoms with Crippen LogP contribution >= 0.6 is 0 Å². The Morgan fingerprint density at radius 3 is 2.30 bits per heavy atom. The molecule has 1 aliphatic rings. The molecule has 1 saturated heterocycles. The second kappa shape index (κ2) is 6.97. The van der Waals surface area contributed by atoms with E-state index in [1.54, 1.807) is 0 Å². The number of carbonyl (C=O) groups excluding carboxylic acids is 1. The molecule has 120 valence electrons. The number of hydrogen-bond donors (Lipinski definition) is 0. The van der Waals surface area contributed by atoms with Crippen molar-refractivity contribution in [2.75, 3.05) is 26.2 Å². The van der Waals surface area contributed by atoms with Crippen molar-refractivity contribution in [3.63, 3.8) is 0 Å². The molecule has 23 heavy (non-hydrogen) atoms. The van der Waals surface area contributed by atoms with Crippen LogP contribution < -0.4 is 0 Å². The van der Waals surface area contributed by atoms with E-state index in [4.69, 9.17) is 0 Å².